The van der Waals surface area contributed by atoms with E-state index in [9.17, 15) is 32.3 Å². The van der Waals surface area contributed by atoms with Crippen LogP contribution in [-0.2, 0) is 28.7 Å². The molecule has 0 radical (unpaired) electrons. The molecular weight excluding hydrogens is 555 g/mol. The second-order valence-corrected chi connectivity index (χ2v) is 9.72. The molecule has 0 saturated heterocycles. The molecule has 9 nitrogen and oxygen atoms in total. The van der Waals surface area contributed by atoms with E-state index in [4.69, 9.17) is 9.47 Å². The van der Waals surface area contributed by atoms with Crippen LogP contribution in [0, 0.1) is 0 Å². The number of nitrogens with one attached hydrogen (secondary N) is 2. The summed E-state index contributed by atoms with van der Waals surface area (Å²) >= 11 is 0. The average Bonchev–Trinajstić information content (AvgIpc) is 2.96. The highest BCUT2D eigenvalue weighted by Crippen LogP contribution is 2.29. The molecule has 0 aromatic heterocycles. The van der Waals surface area contributed by atoms with Crippen LogP contribution in [0.25, 0.3) is 0 Å². The van der Waals surface area contributed by atoms with Crippen molar-refractivity contribution in [1.82, 2.24) is 15.5 Å². The van der Waals surface area contributed by atoms with E-state index in [1.807, 2.05) is 13.8 Å². The minimum absolute atomic E-state index is 0.298. The van der Waals surface area contributed by atoms with Gasteiger partial charge in [-0.25, -0.2) is 4.79 Å². The first-order valence-electron chi connectivity index (χ1n) is 13.6. The van der Waals surface area contributed by atoms with Crippen molar-refractivity contribution in [1.29, 1.82) is 0 Å². The molecule has 1 aliphatic heterocycles. The first kappa shape index (κ1) is 32.2. The van der Waals surface area contributed by atoms with Crippen LogP contribution >= 0.6 is 0 Å². The lowest BCUT2D eigenvalue weighted by Gasteiger charge is -2.39. The van der Waals surface area contributed by atoms with Gasteiger partial charge < -0.3 is 25.0 Å². The maximum absolute atomic E-state index is 13.7. The van der Waals surface area contributed by atoms with Crippen molar-refractivity contribution >= 4 is 23.7 Å². The summed E-state index contributed by atoms with van der Waals surface area (Å²) in [6, 6.07) is 14.4. The molecule has 42 heavy (non-hydrogen) atoms. The lowest BCUT2D eigenvalue weighted by atomic mass is 9.96. The Kier molecular flexibility index (Phi) is 11.1. The van der Waals surface area contributed by atoms with Gasteiger partial charge >= 0.3 is 18.1 Å². The first-order valence-corrected chi connectivity index (χ1v) is 13.6. The number of alkyl halides is 3. The van der Waals surface area contributed by atoms with E-state index in [0.717, 1.165) is 13.0 Å². The first-order chi connectivity index (χ1) is 20.0. The molecule has 2 aromatic rings. The van der Waals surface area contributed by atoms with Crippen LogP contribution in [0.3, 0.4) is 0 Å². The van der Waals surface area contributed by atoms with Crippen molar-refractivity contribution in [3.05, 3.63) is 83.6 Å². The Morgan fingerprint density at radius 3 is 1.88 bits per heavy atom. The van der Waals surface area contributed by atoms with Crippen LogP contribution in [-0.4, -0.2) is 66.0 Å². The Morgan fingerprint density at radius 2 is 1.43 bits per heavy atom. The molecule has 0 fully saturated rings. The predicted octanol–water partition coefficient (Wildman–Crippen LogP) is 3.80. The Balaban J connectivity index is 2.05. The van der Waals surface area contributed by atoms with Crippen molar-refractivity contribution in [2.24, 2.45) is 0 Å². The van der Waals surface area contributed by atoms with Crippen molar-refractivity contribution in [3.63, 3.8) is 0 Å². The Bertz CT molecular complexity index is 1220. The summed E-state index contributed by atoms with van der Waals surface area (Å²) in [5, 5.41) is 4.21. The number of ether oxygens (including phenoxy) is 2. The fraction of sp³-hybridized carbons (Fsp3) is 0.400. The Morgan fingerprint density at radius 1 is 0.905 bits per heavy atom. The molecule has 0 bridgehead atoms. The third kappa shape index (κ3) is 8.34. The van der Waals surface area contributed by atoms with Crippen LogP contribution in [0.4, 0.5) is 13.2 Å². The SMILES string of the molecule is CCCN(CCC)C(=O)[C@@H]1OC(C(=O)OC(c2ccccc2)c2ccccc2)=C[C@H](NC(=O)C(F)(F)F)[C@H]1NC(C)=O. The third-order valence-electron chi connectivity index (χ3n) is 6.40. The molecule has 0 aliphatic carbocycles. The molecule has 2 aromatic carbocycles. The number of rotatable bonds is 11. The zero-order valence-corrected chi connectivity index (χ0v) is 23.5. The lowest BCUT2D eigenvalue weighted by molar-refractivity contribution is -0.175. The van der Waals surface area contributed by atoms with Crippen molar-refractivity contribution in [2.45, 2.75) is 64.1 Å². The zero-order valence-electron chi connectivity index (χ0n) is 23.5. The smallest absolute Gasteiger partial charge is 0.471 e. The van der Waals surface area contributed by atoms with Crippen LogP contribution < -0.4 is 10.6 Å². The van der Waals surface area contributed by atoms with Gasteiger partial charge in [0.2, 0.25) is 11.7 Å². The van der Waals surface area contributed by atoms with Crippen LogP contribution in [0.15, 0.2) is 72.5 Å². The van der Waals surface area contributed by atoms with Gasteiger partial charge in [-0.05, 0) is 30.0 Å². The van der Waals surface area contributed by atoms with E-state index in [0.29, 0.717) is 37.1 Å². The monoisotopic (exact) mass is 589 g/mol. The lowest BCUT2D eigenvalue weighted by Crippen LogP contribution is -2.64. The maximum atomic E-state index is 13.7. The van der Waals surface area contributed by atoms with Gasteiger partial charge in [0.25, 0.3) is 5.91 Å². The molecule has 226 valence electrons. The maximum Gasteiger partial charge on any atom is 0.471 e. The number of amides is 3. The molecule has 0 unspecified atom stereocenters. The summed E-state index contributed by atoms with van der Waals surface area (Å²) in [5.41, 5.74) is 1.22. The highest BCUT2D eigenvalue weighted by Gasteiger charge is 2.47. The number of hydrogen-bond donors (Lipinski definition) is 2. The number of esters is 1. The second-order valence-electron chi connectivity index (χ2n) is 9.72. The Hall–Kier alpha value is -4.35. The number of hydrogen-bond acceptors (Lipinski definition) is 6. The van der Waals surface area contributed by atoms with E-state index in [1.54, 1.807) is 66.0 Å². The fourth-order valence-corrected chi connectivity index (χ4v) is 4.59. The number of halogens is 3. The van der Waals surface area contributed by atoms with Crippen LogP contribution in [0.5, 0.6) is 0 Å². The van der Waals surface area contributed by atoms with Crippen molar-refractivity contribution in [2.75, 3.05) is 13.1 Å². The molecule has 1 heterocycles. The molecule has 2 N–H and O–H groups in total. The second kappa shape index (κ2) is 14.5. The van der Waals surface area contributed by atoms with E-state index in [-0.39, 0.29) is 0 Å². The van der Waals surface area contributed by atoms with Gasteiger partial charge in [0.05, 0.1) is 12.1 Å². The molecule has 0 spiro atoms. The van der Waals surface area contributed by atoms with Gasteiger partial charge in [-0.1, -0.05) is 74.5 Å². The number of carbonyl (C=O) groups is 4. The van der Waals surface area contributed by atoms with Gasteiger partial charge in [-0.15, -0.1) is 0 Å². The highest BCUT2D eigenvalue weighted by atomic mass is 19.4. The van der Waals surface area contributed by atoms with Crippen LogP contribution in [0.1, 0.15) is 50.8 Å². The molecule has 3 atom stereocenters. The highest BCUT2D eigenvalue weighted by molar-refractivity contribution is 5.91. The summed E-state index contributed by atoms with van der Waals surface area (Å²) in [6.45, 7) is 5.38. The van der Waals surface area contributed by atoms with E-state index in [1.165, 1.54) is 4.90 Å². The third-order valence-corrected chi connectivity index (χ3v) is 6.40. The van der Waals surface area contributed by atoms with Crippen molar-refractivity contribution < 1.29 is 41.8 Å². The minimum atomic E-state index is -5.27. The normalized spacial score (nSPS) is 18.4. The number of benzene rings is 2. The zero-order chi connectivity index (χ0) is 30.9. The Labute approximate surface area is 242 Å². The summed E-state index contributed by atoms with van der Waals surface area (Å²) < 4.78 is 51.4. The minimum Gasteiger partial charge on any atom is -0.471 e. The van der Waals surface area contributed by atoms with Gasteiger partial charge in [0, 0.05) is 20.0 Å². The summed E-state index contributed by atoms with van der Waals surface area (Å²) in [4.78, 5) is 52.7. The van der Waals surface area contributed by atoms with E-state index >= 15 is 0 Å². The molecule has 0 saturated carbocycles. The molecule has 1 aliphatic rings. The largest absolute Gasteiger partial charge is 0.471 e. The number of nitrogens with zero attached hydrogens (tertiary/aromatic N) is 1. The standard InChI is InChI=1S/C30H34F3N3O6/c1-4-16-36(17-5-2)27(38)26-24(34-19(3)37)22(35-29(40)30(31,32)33)18-23(41-26)28(39)42-25(20-12-8-6-9-13-20)21-14-10-7-11-15-21/h6-15,18,22,24-26H,4-5,16-17H2,1-3H3,(H,34,37)(H,35,40)/t22-,24+,26+/m0/s1. The van der Waals surface area contributed by atoms with Gasteiger partial charge in [-0.3, -0.25) is 14.4 Å². The predicted molar refractivity (Wildman–Crippen MR) is 147 cm³/mol. The fourth-order valence-electron chi connectivity index (χ4n) is 4.59. The van der Waals surface area contributed by atoms with Gasteiger partial charge in [0.15, 0.2) is 12.2 Å². The quantitative estimate of drug-likeness (QED) is 0.386. The van der Waals surface area contributed by atoms with E-state index < -0.39 is 59.9 Å². The summed E-state index contributed by atoms with van der Waals surface area (Å²) in [7, 11) is 0. The molecule has 3 rings (SSSR count). The van der Waals surface area contributed by atoms with Crippen molar-refractivity contribution in [3.8, 4) is 0 Å². The van der Waals surface area contributed by atoms with Gasteiger partial charge in [0.1, 0.15) is 0 Å². The number of carbonyl (C=O) groups excluding carboxylic acids is 4. The summed E-state index contributed by atoms with van der Waals surface area (Å²) in [5.74, 6) is -5.31. The molecule has 3 amide bonds. The molecule has 12 heteroatoms. The van der Waals surface area contributed by atoms with E-state index in [2.05, 4.69) is 5.32 Å². The topological polar surface area (TPSA) is 114 Å². The molecular formula is C30H34F3N3O6. The average molecular weight is 590 g/mol. The summed E-state index contributed by atoms with van der Waals surface area (Å²) in [6.07, 6.45) is -5.77. The van der Waals surface area contributed by atoms with Crippen LogP contribution in [0.2, 0.25) is 0 Å². The van der Waals surface area contributed by atoms with Gasteiger partial charge in [-0.2, -0.15) is 13.2 Å².